The van der Waals surface area contributed by atoms with Crippen molar-refractivity contribution in [3.63, 3.8) is 0 Å². The number of rotatable bonds is 11. The highest BCUT2D eigenvalue weighted by molar-refractivity contribution is 5.68. The molecule has 0 aromatic rings. The summed E-state index contributed by atoms with van der Waals surface area (Å²) in [4.78, 5) is 10.9. The van der Waals surface area contributed by atoms with Crippen molar-refractivity contribution in [1.29, 1.82) is 0 Å². The van der Waals surface area contributed by atoms with E-state index in [9.17, 15) is 9.90 Å². The Balaban J connectivity index is 3.29. The number of carbonyl (C=O) groups excluding carboxylic acids is 1. The lowest BCUT2D eigenvalue weighted by atomic mass is 10.1. The summed E-state index contributed by atoms with van der Waals surface area (Å²) in [5.41, 5.74) is 0. The minimum absolute atomic E-state index is 0.108. The Labute approximate surface area is 118 Å². The Hall–Kier alpha value is -0.610. The summed E-state index contributed by atoms with van der Waals surface area (Å²) >= 11 is 0. The van der Waals surface area contributed by atoms with Gasteiger partial charge in [0.1, 0.15) is 12.6 Å². The summed E-state index contributed by atoms with van der Waals surface area (Å²) in [6, 6.07) is 0. The second-order valence-electron chi connectivity index (χ2n) is 6.36. The van der Waals surface area contributed by atoms with Crippen LogP contribution in [-0.2, 0) is 9.53 Å². The van der Waals surface area contributed by atoms with Crippen molar-refractivity contribution in [3.8, 4) is 0 Å². The van der Waals surface area contributed by atoms with Crippen molar-refractivity contribution in [3.05, 3.63) is 0 Å². The predicted octanol–water partition coefficient (Wildman–Crippen LogP) is 2.35. The summed E-state index contributed by atoms with van der Waals surface area (Å²) in [6.07, 6.45) is 7.91. The second kappa shape index (κ2) is 10.2. The van der Waals surface area contributed by atoms with Gasteiger partial charge in [-0.15, -0.1) is 0 Å². The molecule has 0 fully saturated rings. The Kier molecular flexibility index (Phi) is 9.88. The SMILES string of the molecule is COC(=O)CCCCCCCCC(O)C[N+](C)(C)C. The molecule has 114 valence electrons. The highest BCUT2D eigenvalue weighted by Crippen LogP contribution is 2.11. The van der Waals surface area contributed by atoms with Gasteiger partial charge in [0, 0.05) is 6.42 Å². The number of aliphatic hydroxyl groups excluding tert-OH is 1. The summed E-state index contributed by atoms with van der Waals surface area (Å²) in [5, 5.41) is 9.85. The second-order valence-corrected chi connectivity index (χ2v) is 6.36. The van der Waals surface area contributed by atoms with E-state index in [1.807, 2.05) is 0 Å². The number of unbranched alkanes of at least 4 members (excludes halogenated alkanes) is 5. The van der Waals surface area contributed by atoms with Crippen LogP contribution in [0.4, 0.5) is 0 Å². The van der Waals surface area contributed by atoms with E-state index in [0.717, 1.165) is 36.7 Å². The summed E-state index contributed by atoms with van der Waals surface area (Å²) in [7, 11) is 7.74. The third kappa shape index (κ3) is 13.6. The fraction of sp³-hybridized carbons (Fsp3) is 0.933. The van der Waals surface area contributed by atoms with Gasteiger partial charge in [0.25, 0.3) is 0 Å². The number of likely N-dealkylation sites (N-methyl/N-ethyl adjacent to an activating group) is 1. The van der Waals surface area contributed by atoms with Gasteiger partial charge in [0.15, 0.2) is 0 Å². The van der Waals surface area contributed by atoms with Crippen LogP contribution in [0.2, 0.25) is 0 Å². The lowest BCUT2D eigenvalue weighted by molar-refractivity contribution is -0.873. The van der Waals surface area contributed by atoms with Crippen molar-refractivity contribution in [2.24, 2.45) is 0 Å². The van der Waals surface area contributed by atoms with Gasteiger partial charge in [0.2, 0.25) is 0 Å². The molecular formula is C15H32NO3+. The zero-order valence-corrected chi connectivity index (χ0v) is 13.2. The molecule has 0 aromatic carbocycles. The summed E-state index contributed by atoms with van der Waals surface area (Å²) in [5.74, 6) is -0.108. The normalized spacial score (nSPS) is 13.3. The zero-order chi connectivity index (χ0) is 14.7. The number of ether oxygens (including phenoxy) is 1. The standard InChI is InChI=1S/C15H32NO3/c1-16(2,3)13-14(17)11-9-7-5-6-8-10-12-15(18)19-4/h14,17H,5-13H2,1-4H3/q+1. The molecule has 1 atom stereocenters. The van der Waals surface area contributed by atoms with Crippen LogP contribution in [0.5, 0.6) is 0 Å². The van der Waals surface area contributed by atoms with E-state index >= 15 is 0 Å². The molecule has 0 rings (SSSR count). The van der Waals surface area contributed by atoms with Gasteiger partial charge in [-0.1, -0.05) is 32.1 Å². The molecule has 0 bridgehead atoms. The lowest BCUT2D eigenvalue weighted by Crippen LogP contribution is -2.41. The minimum atomic E-state index is -0.181. The first-order valence-corrected chi connectivity index (χ1v) is 7.40. The monoisotopic (exact) mass is 274 g/mol. The Morgan fingerprint density at radius 2 is 1.58 bits per heavy atom. The largest absolute Gasteiger partial charge is 0.469 e. The van der Waals surface area contributed by atoms with Crippen molar-refractivity contribution in [2.45, 2.75) is 57.5 Å². The summed E-state index contributed by atoms with van der Waals surface area (Å²) in [6.45, 7) is 0.819. The minimum Gasteiger partial charge on any atom is -0.469 e. The van der Waals surface area contributed by atoms with E-state index in [1.54, 1.807) is 0 Å². The number of quaternary nitrogens is 1. The smallest absolute Gasteiger partial charge is 0.305 e. The molecule has 0 aliphatic rings. The average molecular weight is 274 g/mol. The van der Waals surface area contributed by atoms with E-state index in [-0.39, 0.29) is 12.1 Å². The van der Waals surface area contributed by atoms with Gasteiger partial charge in [-0.3, -0.25) is 4.79 Å². The topological polar surface area (TPSA) is 46.5 Å². The molecule has 0 aromatic heterocycles. The van der Waals surface area contributed by atoms with Crippen molar-refractivity contribution in [2.75, 3.05) is 34.8 Å². The molecule has 1 N–H and O–H groups in total. The lowest BCUT2D eigenvalue weighted by Gasteiger charge is -2.26. The third-order valence-corrected chi connectivity index (χ3v) is 3.15. The van der Waals surface area contributed by atoms with Crippen molar-refractivity contribution >= 4 is 5.97 Å². The number of nitrogens with zero attached hydrogens (tertiary/aromatic N) is 1. The fourth-order valence-electron chi connectivity index (χ4n) is 2.18. The van der Waals surface area contributed by atoms with E-state index < -0.39 is 0 Å². The predicted molar refractivity (Wildman–Crippen MR) is 77.9 cm³/mol. The molecule has 4 nitrogen and oxygen atoms in total. The Bertz CT molecular complexity index is 236. The van der Waals surface area contributed by atoms with E-state index in [0.29, 0.717) is 6.42 Å². The van der Waals surface area contributed by atoms with Crippen molar-refractivity contribution in [1.82, 2.24) is 0 Å². The summed E-state index contributed by atoms with van der Waals surface area (Å²) < 4.78 is 5.41. The van der Waals surface area contributed by atoms with Crippen LogP contribution < -0.4 is 0 Å². The van der Waals surface area contributed by atoms with Crippen molar-refractivity contribution < 1.29 is 19.1 Å². The third-order valence-electron chi connectivity index (χ3n) is 3.15. The molecule has 0 saturated heterocycles. The number of hydrogen-bond donors (Lipinski definition) is 1. The first-order chi connectivity index (χ1) is 8.85. The molecule has 1 unspecified atom stereocenters. The van der Waals surface area contributed by atoms with Crippen LogP contribution in [0.3, 0.4) is 0 Å². The molecule has 0 saturated carbocycles. The van der Waals surface area contributed by atoms with Crippen LogP contribution in [0.15, 0.2) is 0 Å². The van der Waals surface area contributed by atoms with Gasteiger partial charge in [0.05, 0.1) is 28.3 Å². The number of carbonyl (C=O) groups is 1. The first kappa shape index (κ1) is 18.4. The number of aliphatic hydroxyl groups is 1. The number of hydrogen-bond acceptors (Lipinski definition) is 3. The van der Waals surface area contributed by atoms with Crippen LogP contribution in [-0.4, -0.2) is 56.5 Å². The van der Waals surface area contributed by atoms with Crippen LogP contribution in [0, 0.1) is 0 Å². The molecular weight excluding hydrogens is 242 g/mol. The van der Waals surface area contributed by atoms with Gasteiger partial charge < -0.3 is 14.3 Å². The Morgan fingerprint density at radius 3 is 2.11 bits per heavy atom. The molecule has 4 heteroatoms. The molecule has 0 radical (unpaired) electrons. The van der Waals surface area contributed by atoms with Gasteiger partial charge >= 0.3 is 5.97 Å². The zero-order valence-electron chi connectivity index (χ0n) is 13.2. The molecule has 0 heterocycles. The quantitative estimate of drug-likeness (QED) is 0.357. The Morgan fingerprint density at radius 1 is 1.05 bits per heavy atom. The fourth-order valence-corrected chi connectivity index (χ4v) is 2.18. The molecule has 0 spiro atoms. The maximum absolute atomic E-state index is 10.9. The molecule has 19 heavy (non-hydrogen) atoms. The molecule has 0 amide bonds. The maximum atomic E-state index is 10.9. The van der Waals surface area contributed by atoms with Crippen LogP contribution in [0.1, 0.15) is 51.4 Å². The van der Waals surface area contributed by atoms with E-state index in [4.69, 9.17) is 0 Å². The van der Waals surface area contributed by atoms with Crippen LogP contribution in [0.25, 0.3) is 0 Å². The van der Waals surface area contributed by atoms with Gasteiger partial charge in [-0.2, -0.15) is 0 Å². The maximum Gasteiger partial charge on any atom is 0.305 e. The number of methoxy groups -OCH3 is 1. The van der Waals surface area contributed by atoms with Gasteiger partial charge in [-0.25, -0.2) is 0 Å². The van der Waals surface area contributed by atoms with E-state index in [1.165, 1.54) is 26.4 Å². The molecule has 0 aliphatic heterocycles. The molecule has 0 aliphatic carbocycles. The van der Waals surface area contributed by atoms with Gasteiger partial charge in [-0.05, 0) is 12.8 Å². The van der Waals surface area contributed by atoms with Crippen LogP contribution >= 0.6 is 0 Å². The average Bonchev–Trinajstić information content (AvgIpc) is 2.29. The highest BCUT2D eigenvalue weighted by atomic mass is 16.5. The first-order valence-electron chi connectivity index (χ1n) is 7.40. The van der Waals surface area contributed by atoms with E-state index in [2.05, 4.69) is 25.9 Å². The number of esters is 1. The highest BCUT2D eigenvalue weighted by Gasteiger charge is 2.14.